The molecule has 1 saturated heterocycles. The van der Waals surface area contributed by atoms with Gasteiger partial charge < -0.3 is 9.64 Å². The van der Waals surface area contributed by atoms with Crippen LogP contribution >= 0.6 is 0 Å². The molecule has 0 saturated carbocycles. The van der Waals surface area contributed by atoms with E-state index in [4.69, 9.17) is 4.74 Å². The molecule has 7 heteroatoms. The van der Waals surface area contributed by atoms with Crippen LogP contribution < -0.4 is 4.90 Å². The molecule has 1 aromatic carbocycles. The normalized spacial score (nSPS) is 22.6. The summed E-state index contributed by atoms with van der Waals surface area (Å²) in [6.45, 7) is 4.94. The Labute approximate surface area is 130 Å². The average Bonchev–Trinajstić information content (AvgIpc) is 2.90. The lowest BCUT2D eigenvalue weighted by atomic mass is 10.2. The number of hydrogen-bond acceptors (Lipinski definition) is 4. The van der Waals surface area contributed by atoms with Crippen LogP contribution in [0.15, 0.2) is 23.1 Å². The monoisotopic (exact) mass is 324 g/mol. The number of rotatable bonds is 2. The molecule has 0 bridgehead atoms. The highest BCUT2D eigenvalue weighted by atomic mass is 32.2. The summed E-state index contributed by atoms with van der Waals surface area (Å²) >= 11 is 0. The lowest BCUT2D eigenvalue weighted by Crippen LogP contribution is -2.44. The first-order valence-electron chi connectivity index (χ1n) is 7.46. The average molecular weight is 324 g/mol. The summed E-state index contributed by atoms with van der Waals surface area (Å²) in [5.41, 5.74) is 1.72. The minimum absolute atomic E-state index is 0.0209. The van der Waals surface area contributed by atoms with Gasteiger partial charge in [0.05, 0.1) is 4.90 Å². The summed E-state index contributed by atoms with van der Waals surface area (Å²) in [6.07, 6.45) is 0.942. The third kappa shape index (κ3) is 2.53. The molecule has 0 aliphatic carbocycles. The molecule has 1 atom stereocenters. The molecule has 0 aromatic heterocycles. The third-order valence-electron chi connectivity index (χ3n) is 4.22. The second-order valence-corrected chi connectivity index (χ2v) is 7.54. The molecular weight excluding hydrogens is 304 g/mol. The number of nitrogens with zero attached hydrogens (tertiary/aromatic N) is 2. The standard InChI is InChI=1S/C15H20N2O4S/c1-11(18)16-8-6-13-10-14(4-5-15(13)16)22(19,20)17-7-3-9-21-12(17)2/h4-5,10,12H,3,6-9H2,1-2H3. The Morgan fingerprint density at radius 2 is 2.09 bits per heavy atom. The number of sulfonamides is 1. The fourth-order valence-electron chi connectivity index (χ4n) is 3.06. The molecule has 0 spiro atoms. The number of carbonyl (C=O) groups is 1. The molecule has 120 valence electrons. The predicted molar refractivity (Wildman–Crippen MR) is 82.1 cm³/mol. The zero-order valence-corrected chi connectivity index (χ0v) is 13.6. The molecule has 2 aliphatic heterocycles. The van der Waals surface area contributed by atoms with E-state index in [0.717, 1.165) is 11.3 Å². The van der Waals surface area contributed by atoms with Gasteiger partial charge in [-0.3, -0.25) is 4.79 Å². The maximum absolute atomic E-state index is 12.8. The topological polar surface area (TPSA) is 66.9 Å². The number of fused-ring (bicyclic) bond motifs is 1. The van der Waals surface area contributed by atoms with Crippen LogP contribution in [-0.4, -0.2) is 44.6 Å². The first kappa shape index (κ1) is 15.5. The number of hydrogen-bond donors (Lipinski definition) is 0. The molecule has 1 unspecified atom stereocenters. The van der Waals surface area contributed by atoms with Gasteiger partial charge in [0.1, 0.15) is 6.23 Å². The molecular formula is C15H20N2O4S. The van der Waals surface area contributed by atoms with Crippen molar-refractivity contribution in [2.24, 2.45) is 0 Å². The van der Waals surface area contributed by atoms with E-state index in [-0.39, 0.29) is 10.8 Å². The van der Waals surface area contributed by atoms with Crippen molar-refractivity contribution in [2.75, 3.05) is 24.6 Å². The van der Waals surface area contributed by atoms with Crippen molar-refractivity contribution < 1.29 is 17.9 Å². The van der Waals surface area contributed by atoms with Gasteiger partial charge in [-0.25, -0.2) is 8.42 Å². The summed E-state index contributed by atoms with van der Waals surface area (Å²) in [4.78, 5) is 13.5. The maximum Gasteiger partial charge on any atom is 0.245 e. The van der Waals surface area contributed by atoms with E-state index in [9.17, 15) is 13.2 Å². The second-order valence-electron chi connectivity index (χ2n) is 5.65. The number of amides is 1. The molecule has 0 radical (unpaired) electrons. The van der Waals surface area contributed by atoms with Crippen molar-refractivity contribution in [3.63, 3.8) is 0 Å². The van der Waals surface area contributed by atoms with E-state index in [1.807, 2.05) is 0 Å². The Morgan fingerprint density at radius 1 is 1.32 bits per heavy atom. The van der Waals surface area contributed by atoms with Gasteiger partial charge in [0.25, 0.3) is 0 Å². The van der Waals surface area contributed by atoms with E-state index in [1.54, 1.807) is 30.0 Å². The number of carbonyl (C=O) groups excluding carboxylic acids is 1. The highest BCUT2D eigenvalue weighted by Gasteiger charge is 2.33. The van der Waals surface area contributed by atoms with E-state index >= 15 is 0 Å². The van der Waals surface area contributed by atoms with Crippen LogP contribution in [0.5, 0.6) is 0 Å². The SMILES string of the molecule is CC(=O)N1CCc2cc(S(=O)(=O)N3CCCOC3C)ccc21. The van der Waals surface area contributed by atoms with Crippen molar-refractivity contribution >= 4 is 21.6 Å². The van der Waals surface area contributed by atoms with Gasteiger partial charge >= 0.3 is 0 Å². The smallest absolute Gasteiger partial charge is 0.245 e. The van der Waals surface area contributed by atoms with E-state index in [2.05, 4.69) is 0 Å². The number of anilines is 1. The fraction of sp³-hybridized carbons (Fsp3) is 0.533. The number of benzene rings is 1. The van der Waals surface area contributed by atoms with Gasteiger partial charge in [0, 0.05) is 32.3 Å². The minimum atomic E-state index is -3.57. The Balaban J connectivity index is 1.94. The zero-order valence-electron chi connectivity index (χ0n) is 12.8. The lowest BCUT2D eigenvalue weighted by Gasteiger charge is -2.32. The molecule has 22 heavy (non-hydrogen) atoms. The van der Waals surface area contributed by atoms with Crippen LogP contribution in [0.3, 0.4) is 0 Å². The molecule has 0 N–H and O–H groups in total. The zero-order chi connectivity index (χ0) is 15.9. The molecule has 6 nitrogen and oxygen atoms in total. The van der Waals surface area contributed by atoms with Crippen molar-refractivity contribution in [1.29, 1.82) is 0 Å². The summed E-state index contributed by atoms with van der Waals surface area (Å²) in [7, 11) is -3.57. The van der Waals surface area contributed by atoms with Crippen LogP contribution in [0.4, 0.5) is 5.69 Å². The Morgan fingerprint density at radius 3 is 2.77 bits per heavy atom. The predicted octanol–water partition coefficient (Wildman–Crippen LogP) is 1.35. The van der Waals surface area contributed by atoms with Crippen LogP contribution in [0.1, 0.15) is 25.8 Å². The lowest BCUT2D eigenvalue weighted by molar-refractivity contribution is -0.116. The van der Waals surface area contributed by atoms with Crippen molar-refractivity contribution in [3.8, 4) is 0 Å². The first-order valence-corrected chi connectivity index (χ1v) is 8.90. The van der Waals surface area contributed by atoms with Crippen molar-refractivity contribution in [1.82, 2.24) is 4.31 Å². The molecule has 1 amide bonds. The van der Waals surface area contributed by atoms with Gasteiger partial charge in [0.15, 0.2) is 0 Å². The molecule has 1 fully saturated rings. The quantitative estimate of drug-likeness (QED) is 0.824. The van der Waals surface area contributed by atoms with Crippen LogP contribution in [0.25, 0.3) is 0 Å². The maximum atomic E-state index is 12.8. The van der Waals surface area contributed by atoms with Crippen molar-refractivity contribution in [2.45, 2.75) is 37.8 Å². The molecule has 3 rings (SSSR count). The Hall–Kier alpha value is -1.44. The van der Waals surface area contributed by atoms with E-state index in [0.29, 0.717) is 32.5 Å². The highest BCUT2D eigenvalue weighted by molar-refractivity contribution is 7.89. The van der Waals surface area contributed by atoms with Gasteiger partial charge in [-0.1, -0.05) is 0 Å². The Kier molecular flexibility index (Phi) is 3.96. The molecule has 2 aliphatic rings. The van der Waals surface area contributed by atoms with Crippen LogP contribution in [0, 0.1) is 0 Å². The summed E-state index contributed by atoms with van der Waals surface area (Å²) in [5.74, 6) is -0.0209. The van der Waals surface area contributed by atoms with Gasteiger partial charge in [-0.05, 0) is 43.5 Å². The minimum Gasteiger partial charge on any atom is -0.362 e. The van der Waals surface area contributed by atoms with Crippen LogP contribution in [0.2, 0.25) is 0 Å². The highest BCUT2D eigenvalue weighted by Crippen LogP contribution is 2.32. The summed E-state index contributed by atoms with van der Waals surface area (Å²) < 4.78 is 32.4. The fourth-order valence-corrected chi connectivity index (χ4v) is 4.68. The first-order chi connectivity index (χ1) is 10.4. The summed E-state index contributed by atoms with van der Waals surface area (Å²) in [5, 5.41) is 0. The number of ether oxygens (including phenoxy) is 1. The third-order valence-corrected chi connectivity index (χ3v) is 6.17. The second kappa shape index (κ2) is 5.64. The molecule has 1 aromatic rings. The van der Waals surface area contributed by atoms with Gasteiger partial charge in [0.2, 0.25) is 15.9 Å². The van der Waals surface area contributed by atoms with Gasteiger partial charge in [-0.2, -0.15) is 4.31 Å². The van der Waals surface area contributed by atoms with E-state index < -0.39 is 16.3 Å². The van der Waals surface area contributed by atoms with Crippen molar-refractivity contribution in [3.05, 3.63) is 23.8 Å². The molecule has 2 heterocycles. The summed E-state index contributed by atoms with van der Waals surface area (Å²) in [6, 6.07) is 5.00. The Bertz CT molecular complexity index is 701. The van der Waals surface area contributed by atoms with Gasteiger partial charge in [-0.15, -0.1) is 0 Å². The largest absolute Gasteiger partial charge is 0.362 e. The van der Waals surface area contributed by atoms with Crippen LogP contribution in [-0.2, 0) is 26.0 Å². The van der Waals surface area contributed by atoms with E-state index in [1.165, 1.54) is 11.2 Å².